The Bertz CT molecular complexity index is 910. The third-order valence-electron chi connectivity index (χ3n) is 5.21. The van der Waals surface area contributed by atoms with Crippen LogP contribution in [0.3, 0.4) is 0 Å². The molecule has 2 N–H and O–H groups in total. The first-order valence-electron chi connectivity index (χ1n) is 9.46. The smallest absolute Gasteiger partial charge is 0.232 e. The summed E-state index contributed by atoms with van der Waals surface area (Å²) in [6, 6.07) is 6.76. The van der Waals surface area contributed by atoms with Gasteiger partial charge in [0.05, 0.1) is 17.7 Å². The molecular weight excluding hydrogens is 360 g/mol. The van der Waals surface area contributed by atoms with Crippen molar-refractivity contribution in [1.82, 2.24) is 9.80 Å². The highest BCUT2D eigenvalue weighted by Gasteiger charge is 2.32. The predicted molar refractivity (Wildman–Crippen MR) is 103 cm³/mol. The fraction of sp³-hybridized carbons (Fsp3) is 0.381. The second-order valence-electron chi connectivity index (χ2n) is 7.17. The minimum atomic E-state index is -0.210. The van der Waals surface area contributed by atoms with Crippen molar-refractivity contribution in [1.29, 1.82) is 0 Å². The molecule has 0 amide bonds. The molecule has 148 valence electrons. The van der Waals surface area contributed by atoms with Crippen LogP contribution in [0.2, 0.25) is 0 Å². The summed E-state index contributed by atoms with van der Waals surface area (Å²) in [6.45, 7) is 6.55. The second kappa shape index (κ2) is 7.79. The van der Waals surface area contributed by atoms with Crippen LogP contribution in [0.25, 0.3) is 6.08 Å². The normalized spacial score (nSPS) is 19.2. The molecule has 0 bridgehead atoms. The summed E-state index contributed by atoms with van der Waals surface area (Å²) in [5, 5.41) is 19.5. The number of phenols is 1. The van der Waals surface area contributed by atoms with Gasteiger partial charge in [-0.1, -0.05) is 0 Å². The minimum absolute atomic E-state index is 0.124. The van der Waals surface area contributed by atoms with Crippen LogP contribution in [0.1, 0.15) is 27.4 Å². The molecule has 2 aromatic rings. The maximum absolute atomic E-state index is 12.7. The number of rotatable bonds is 5. The van der Waals surface area contributed by atoms with Gasteiger partial charge in [0.2, 0.25) is 5.78 Å². The van der Waals surface area contributed by atoms with Crippen LogP contribution in [-0.4, -0.2) is 65.1 Å². The number of ketones is 1. The molecule has 0 radical (unpaired) electrons. The van der Waals surface area contributed by atoms with Crippen LogP contribution in [0.4, 0.5) is 0 Å². The van der Waals surface area contributed by atoms with E-state index in [1.54, 1.807) is 24.3 Å². The predicted octanol–water partition coefficient (Wildman–Crippen LogP) is 2.02. The number of fused-ring (bicyclic) bond motifs is 1. The van der Waals surface area contributed by atoms with Crippen LogP contribution in [0.15, 0.2) is 34.4 Å². The quantitative estimate of drug-likeness (QED) is 0.763. The van der Waals surface area contributed by atoms with Crippen molar-refractivity contribution in [2.24, 2.45) is 0 Å². The van der Waals surface area contributed by atoms with E-state index in [0.29, 0.717) is 35.7 Å². The molecule has 0 aliphatic carbocycles. The lowest BCUT2D eigenvalue weighted by Gasteiger charge is -2.34. The maximum Gasteiger partial charge on any atom is 0.232 e. The zero-order chi connectivity index (χ0) is 19.7. The third-order valence-corrected chi connectivity index (χ3v) is 5.21. The van der Waals surface area contributed by atoms with Gasteiger partial charge in [-0.05, 0) is 31.2 Å². The van der Waals surface area contributed by atoms with Crippen molar-refractivity contribution >= 4 is 11.9 Å². The summed E-state index contributed by atoms with van der Waals surface area (Å²) < 4.78 is 11.4. The van der Waals surface area contributed by atoms with Crippen molar-refractivity contribution in [3.05, 3.63) is 52.7 Å². The number of furan rings is 1. The fourth-order valence-corrected chi connectivity index (χ4v) is 3.65. The molecule has 0 saturated carbocycles. The number of piperazine rings is 1. The van der Waals surface area contributed by atoms with Gasteiger partial charge in [0.1, 0.15) is 23.0 Å². The number of β-amino-alcohol motifs (C(OH)–C–C–N with tert-alkyl or cyclic N) is 1. The van der Waals surface area contributed by atoms with Gasteiger partial charge in [-0.3, -0.25) is 14.6 Å². The summed E-state index contributed by atoms with van der Waals surface area (Å²) >= 11 is 0. The summed E-state index contributed by atoms with van der Waals surface area (Å²) in [6.07, 6.45) is 1.59. The Morgan fingerprint density at radius 1 is 1.11 bits per heavy atom. The Morgan fingerprint density at radius 2 is 1.86 bits per heavy atom. The molecule has 1 fully saturated rings. The van der Waals surface area contributed by atoms with Gasteiger partial charge >= 0.3 is 0 Å². The first kappa shape index (κ1) is 18.7. The summed E-state index contributed by atoms with van der Waals surface area (Å²) in [7, 11) is 0. The number of Topliss-reactive ketones (excluding diaryl/α,β-unsaturated/α-hetero) is 1. The molecule has 2 aliphatic rings. The summed E-state index contributed by atoms with van der Waals surface area (Å²) in [5.74, 6) is 1.85. The number of ether oxygens (including phenoxy) is 1. The molecule has 0 spiro atoms. The standard InChI is InChI=1S/C21H24N2O5/c1-14-2-3-15(27-14)12-19-20(26)16-4-5-18(25)17(21(16)28-19)13-23-8-6-22(7-9-23)10-11-24/h2-5,12,24-25H,6-11,13H2,1H3/b19-12+. The van der Waals surface area contributed by atoms with Crippen molar-refractivity contribution in [3.8, 4) is 11.5 Å². The Kier molecular flexibility index (Phi) is 5.21. The number of benzene rings is 1. The zero-order valence-electron chi connectivity index (χ0n) is 15.9. The van der Waals surface area contributed by atoms with E-state index < -0.39 is 0 Å². The zero-order valence-corrected chi connectivity index (χ0v) is 15.9. The molecular formula is C21H24N2O5. The third kappa shape index (κ3) is 3.69. The number of nitrogens with zero attached hydrogens (tertiary/aromatic N) is 2. The van der Waals surface area contributed by atoms with Gasteiger partial charge in [-0.15, -0.1) is 0 Å². The van der Waals surface area contributed by atoms with E-state index in [9.17, 15) is 9.90 Å². The molecule has 3 heterocycles. The molecule has 1 saturated heterocycles. The number of aryl methyl sites for hydroxylation is 1. The van der Waals surface area contributed by atoms with Gasteiger partial charge in [0, 0.05) is 45.3 Å². The summed E-state index contributed by atoms with van der Waals surface area (Å²) in [4.78, 5) is 17.1. The summed E-state index contributed by atoms with van der Waals surface area (Å²) in [5.41, 5.74) is 1.08. The van der Waals surface area contributed by atoms with E-state index in [-0.39, 0.29) is 23.9 Å². The Morgan fingerprint density at radius 3 is 2.54 bits per heavy atom. The molecule has 7 nitrogen and oxygen atoms in total. The first-order valence-corrected chi connectivity index (χ1v) is 9.46. The number of aromatic hydroxyl groups is 1. The molecule has 28 heavy (non-hydrogen) atoms. The van der Waals surface area contributed by atoms with Crippen LogP contribution in [0.5, 0.6) is 11.5 Å². The van der Waals surface area contributed by atoms with Crippen molar-refractivity contribution in [2.75, 3.05) is 39.3 Å². The number of carbonyl (C=O) groups excluding carboxylic acids is 1. The topological polar surface area (TPSA) is 86.4 Å². The largest absolute Gasteiger partial charge is 0.507 e. The van der Waals surface area contributed by atoms with E-state index in [2.05, 4.69) is 9.80 Å². The lowest BCUT2D eigenvalue weighted by Crippen LogP contribution is -2.46. The van der Waals surface area contributed by atoms with E-state index in [4.69, 9.17) is 14.3 Å². The number of carbonyl (C=O) groups is 1. The lowest BCUT2D eigenvalue weighted by atomic mass is 10.0. The van der Waals surface area contributed by atoms with Gasteiger partial charge < -0.3 is 19.4 Å². The van der Waals surface area contributed by atoms with Crippen molar-refractivity contribution in [2.45, 2.75) is 13.5 Å². The maximum atomic E-state index is 12.7. The average molecular weight is 384 g/mol. The van der Waals surface area contributed by atoms with E-state index in [1.807, 2.05) is 13.0 Å². The van der Waals surface area contributed by atoms with E-state index in [1.165, 1.54) is 0 Å². The van der Waals surface area contributed by atoms with Crippen LogP contribution in [-0.2, 0) is 6.54 Å². The molecule has 1 aromatic heterocycles. The Hall–Kier alpha value is -2.61. The Labute approximate surface area is 163 Å². The number of hydrogen-bond donors (Lipinski definition) is 2. The highest BCUT2D eigenvalue weighted by Crippen LogP contribution is 2.40. The highest BCUT2D eigenvalue weighted by atomic mass is 16.5. The van der Waals surface area contributed by atoms with E-state index >= 15 is 0 Å². The monoisotopic (exact) mass is 384 g/mol. The lowest BCUT2D eigenvalue weighted by molar-refractivity contribution is 0.101. The molecule has 0 unspecified atom stereocenters. The number of phenolic OH excluding ortho intramolecular Hbond substituents is 1. The second-order valence-corrected chi connectivity index (χ2v) is 7.17. The van der Waals surface area contributed by atoms with Crippen LogP contribution >= 0.6 is 0 Å². The average Bonchev–Trinajstić information content (AvgIpc) is 3.23. The molecule has 7 heteroatoms. The van der Waals surface area contributed by atoms with Crippen LogP contribution < -0.4 is 4.74 Å². The molecule has 4 rings (SSSR count). The van der Waals surface area contributed by atoms with Gasteiger partial charge in [-0.2, -0.15) is 0 Å². The SMILES string of the molecule is Cc1ccc(/C=C2/Oc3c(ccc(O)c3CN3CCN(CCO)CC3)C2=O)o1. The number of hydrogen-bond acceptors (Lipinski definition) is 7. The van der Waals surface area contributed by atoms with E-state index in [0.717, 1.165) is 31.9 Å². The minimum Gasteiger partial charge on any atom is -0.507 e. The van der Waals surface area contributed by atoms with Crippen molar-refractivity contribution in [3.63, 3.8) is 0 Å². The molecule has 2 aliphatic heterocycles. The molecule has 0 atom stereocenters. The molecule has 1 aromatic carbocycles. The van der Waals surface area contributed by atoms with Crippen molar-refractivity contribution < 1.29 is 24.2 Å². The fourth-order valence-electron chi connectivity index (χ4n) is 3.65. The van der Waals surface area contributed by atoms with Gasteiger partial charge in [0.25, 0.3) is 0 Å². The van der Waals surface area contributed by atoms with Gasteiger partial charge in [-0.25, -0.2) is 0 Å². The van der Waals surface area contributed by atoms with Gasteiger partial charge in [0.15, 0.2) is 5.76 Å². The number of aliphatic hydroxyl groups is 1. The Balaban J connectivity index is 1.54. The number of aliphatic hydroxyl groups excluding tert-OH is 1. The number of allylic oxidation sites excluding steroid dienone is 1. The van der Waals surface area contributed by atoms with Crippen LogP contribution in [0, 0.1) is 6.92 Å². The first-order chi connectivity index (χ1) is 13.5. The highest BCUT2D eigenvalue weighted by molar-refractivity contribution is 6.14.